The van der Waals surface area contributed by atoms with E-state index in [-0.39, 0.29) is 119 Å². The van der Waals surface area contributed by atoms with Gasteiger partial charge in [-0.1, -0.05) is 27.7 Å². The van der Waals surface area contributed by atoms with E-state index in [1.165, 1.54) is 9.80 Å². The Morgan fingerprint density at radius 1 is 0.385 bits per heavy atom. The molecule has 20 nitrogen and oxygen atoms in total. The molecular formula is C45H88N4O16. The smallest absolute Gasteiger partial charge is 0.320 e. The Balaban J connectivity index is 6.50. The molecule has 4 N–H and O–H groups in total. The molecule has 0 saturated heterocycles. The van der Waals surface area contributed by atoms with E-state index >= 15 is 0 Å². The summed E-state index contributed by atoms with van der Waals surface area (Å²) in [5.74, 6) is -2.31. The normalized spacial score (nSPS) is 14.6. The van der Waals surface area contributed by atoms with E-state index in [0.717, 1.165) is 51.9 Å². The lowest BCUT2D eigenvalue weighted by molar-refractivity contribution is -0.150. The Bertz CT molecular complexity index is 1080. The van der Waals surface area contributed by atoms with Gasteiger partial charge in [0.1, 0.15) is 0 Å². The molecule has 384 valence electrons. The highest BCUT2D eigenvalue weighted by atomic mass is 16.6. The van der Waals surface area contributed by atoms with Crippen LogP contribution in [0.25, 0.3) is 0 Å². The highest BCUT2D eigenvalue weighted by molar-refractivity contribution is 5.75. The van der Waals surface area contributed by atoms with Crippen LogP contribution in [-0.4, -0.2) is 246 Å². The average molecular weight is 941 g/mol. The Morgan fingerprint density at radius 3 is 0.800 bits per heavy atom. The van der Waals surface area contributed by atoms with Crippen LogP contribution in [0, 0.1) is 5.41 Å². The number of nitrogens with zero attached hydrogens (tertiary/aromatic N) is 4. The SMILES string of the molecule is CCCN(CCC)CC(O)COCC(COCC(O)CN(CCC)CCC)(COCC(O)CN(CC(=O)OCC)CC(=O)OCC)COCC(O)CN(CC(=O)OCC)CC(=O)OCC. The lowest BCUT2D eigenvalue weighted by Crippen LogP contribution is -2.46. The second-order valence-corrected chi connectivity index (χ2v) is 16.3. The minimum Gasteiger partial charge on any atom is -0.465 e. The number of rotatable bonds is 44. The molecule has 0 amide bonds. The van der Waals surface area contributed by atoms with Gasteiger partial charge in [0.25, 0.3) is 0 Å². The van der Waals surface area contributed by atoms with Gasteiger partial charge in [0, 0.05) is 26.2 Å². The molecule has 0 radical (unpaired) electrons. The van der Waals surface area contributed by atoms with Crippen LogP contribution >= 0.6 is 0 Å². The summed E-state index contributed by atoms with van der Waals surface area (Å²) in [6.07, 6.45) is -0.307. The van der Waals surface area contributed by atoms with Crippen molar-refractivity contribution < 1.29 is 77.5 Å². The molecule has 0 heterocycles. The molecule has 0 aliphatic heterocycles. The van der Waals surface area contributed by atoms with E-state index in [4.69, 9.17) is 37.9 Å². The molecule has 0 spiro atoms. The molecule has 0 bridgehead atoms. The molecule has 0 aromatic heterocycles. The highest BCUT2D eigenvalue weighted by Gasteiger charge is 2.34. The average Bonchev–Trinajstić information content (AvgIpc) is 3.21. The Labute approximate surface area is 389 Å². The molecule has 4 atom stereocenters. The molecule has 4 unspecified atom stereocenters. The van der Waals surface area contributed by atoms with Gasteiger partial charge in [-0.15, -0.1) is 0 Å². The van der Waals surface area contributed by atoms with Gasteiger partial charge in [0.15, 0.2) is 0 Å². The van der Waals surface area contributed by atoms with Crippen molar-refractivity contribution in [1.29, 1.82) is 0 Å². The molecule has 0 aliphatic carbocycles. The number of hydrogen-bond acceptors (Lipinski definition) is 20. The fourth-order valence-corrected chi connectivity index (χ4v) is 7.08. The summed E-state index contributed by atoms with van der Waals surface area (Å²) in [5.41, 5.74) is -1.14. The summed E-state index contributed by atoms with van der Waals surface area (Å²) in [6, 6.07) is 0. The zero-order valence-electron chi connectivity index (χ0n) is 41.1. The molecule has 0 aliphatic rings. The van der Waals surface area contributed by atoms with Crippen molar-refractivity contribution in [2.75, 3.05) is 158 Å². The molecule has 0 rings (SSSR count). The van der Waals surface area contributed by atoms with E-state index in [1.807, 2.05) is 0 Å². The molecule has 0 aromatic rings. The van der Waals surface area contributed by atoms with Crippen molar-refractivity contribution in [3.05, 3.63) is 0 Å². The van der Waals surface area contributed by atoms with E-state index in [9.17, 15) is 39.6 Å². The van der Waals surface area contributed by atoms with Crippen LogP contribution in [0.15, 0.2) is 0 Å². The third-order valence-electron chi connectivity index (χ3n) is 9.54. The van der Waals surface area contributed by atoms with E-state index in [0.29, 0.717) is 13.1 Å². The summed E-state index contributed by atoms with van der Waals surface area (Å²) in [4.78, 5) is 56.5. The second-order valence-electron chi connectivity index (χ2n) is 16.3. The van der Waals surface area contributed by atoms with E-state index in [1.54, 1.807) is 27.7 Å². The number of aliphatic hydroxyl groups excluding tert-OH is 4. The van der Waals surface area contributed by atoms with Gasteiger partial charge in [-0.25, -0.2) is 0 Å². The van der Waals surface area contributed by atoms with Gasteiger partial charge < -0.3 is 68.1 Å². The fraction of sp³-hybridized carbons (Fsp3) is 0.911. The number of carbonyl (C=O) groups excluding carboxylic acids is 4. The predicted molar refractivity (Wildman–Crippen MR) is 243 cm³/mol. The lowest BCUT2D eigenvalue weighted by Gasteiger charge is -2.35. The number of esters is 4. The maximum absolute atomic E-state index is 12.3. The van der Waals surface area contributed by atoms with Crippen molar-refractivity contribution in [3.63, 3.8) is 0 Å². The van der Waals surface area contributed by atoms with Gasteiger partial charge >= 0.3 is 23.9 Å². The van der Waals surface area contributed by atoms with E-state index in [2.05, 4.69) is 37.5 Å². The topological polar surface area (TPSA) is 236 Å². The van der Waals surface area contributed by atoms with Crippen LogP contribution in [0.3, 0.4) is 0 Å². The predicted octanol–water partition coefficient (Wildman–Crippen LogP) is 0.583. The first kappa shape index (κ1) is 62.4. The van der Waals surface area contributed by atoms with Crippen LogP contribution in [0.1, 0.15) is 81.1 Å². The number of aliphatic hydroxyl groups is 4. The van der Waals surface area contributed by atoms with Gasteiger partial charge in [0.2, 0.25) is 0 Å². The number of carbonyl (C=O) groups is 4. The summed E-state index contributed by atoms with van der Waals surface area (Å²) >= 11 is 0. The summed E-state index contributed by atoms with van der Waals surface area (Å²) in [5, 5.41) is 44.3. The Hall–Kier alpha value is -2.60. The third kappa shape index (κ3) is 32.7. The maximum Gasteiger partial charge on any atom is 0.320 e. The quantitative estimate of drug-likeness (QED) is 0.0483. The van der Waals surface area contributed by atoms with Crippen molar-refractivity contribution in [2.45, 2.75) is 105 Å². The number of hydrogen-bond donors (Lipinski definition) is 4. The van der Waals surface area contributed by atoms with Gasteiger partial charge in [-0.3, -0.25) is 29.0 Å². The van der Waals surface area contributed by atoms with Crippen molar-refractivity contribution in [2.24, 2.45) is 5.41 Å². The van der Waals surface area contributed by atoms with Gasteiger partial charge in [0.05, 0.1) is 135 Å². The number of ether oxygens (including phenoxy) is 8. The molecule has 0 saturated carbocycles. The first-order chi connectivity index (χ1) is 31.1. The van der Waals surface area contributed by atoms with Crippen molar-refractivity contribution in [3.8, 4) is 0 Å². The largest absolute Gasteiger partial charge is 0.465 e. The highest BCUT2D eigenvalue weighted by Crippen LogP contribution is 2.22. The minimum atomic E-state index is -1.18. The second kappa shape index (κ2) is 39.4. The summed E-state index contributed by atoms with van der Waals surface area (Å²) in [6.45, 7) is 17.3. The van der Waals surface area contributed by atoms with Crippen LogP contribution < -0.4 is 0 Å². The Morgan fingerprint density at radius 2 is 0.600 bits per heavy atom. The van der Waals surface area contributed by atoms with Crippen LogP contribution in [-0.2, 0) is 57.1 Å². The van der Waals surface area contributed by atoms with Crippen molar-refractivity contribution in [1.82, 2.24) is 19.6 Å². The zero-order valence-corrected chi connectivity index (χ0v) is 41.1. The molecule has 20 heteroatoms. The lowest BCUT2D eigenvalue weighted by atomic mass is 9.92. The monoisotopic (exact) mass is 941 g/mol. The molecular weight excluding hydrogens is 853 g/mol. The van der Waals surface area contributed by atoms with Crippen molar-refractivity contribution >= 4 is 23.9 Å². The standard InChI is InChI=1S/C45H88N4O16/c1-9-17-46(18-10-2)21-37(50)29-58-33-45(34-59-30-38(51)22-47(19-11-3)20-12-4,35-60-31-39(52)23-48(25-41(54)62-13-5)26-42(55)63-14-6)36-61-32-40(53)24-49(27-43(56)64-15-7)28-44(57)65-16-8/h37-40,50-53H,9-36H2,1-8H3. The molecule has 65 heavy (non-hydrogen) atoms. The first-order valence-electron chi connectivity index (χ1n) is 23.7. The summed E-state index contributed by atoms with van der Waals surface area (Å²) in [7, 11) is 0. The van der Waals surface area contributed by atoms with Gasteiger partial charge in [-0.2, -0.15) is 0 Å². The molecule has 0 aromatic carbocycles. The maximum atomic E-state index is 12.3. The zero-order chi connectivity index (χ0) is 48.9. The Kier molecular flexibility index (Phi) is 37.8. The van der Waals surface area contributed by atoms with Crippen LogP contribution in [0.2, 0.25) is 0 Å². The fourth-order valence-electron chi connectivity index (χ4n) is 7.08. The minimum absolute atomic E-state index is 0.0318. The van der Waals surface area contributed by atoms with Gasteiger partial charge in [-0.05, 0) is 79.6 Å². The van der Waals surface area contributed by atoms with Crippen LogP contribution in [0.5, 0.6) is 0 Å². The molecule has 0 fully saturated rings. The van der Waals surface area contributed by atoms with E-state index < -0.39 is 53.7 Å². The van der Waals surface area contributed by atoms with Crippen LogP contribution in [0.4, 0.5) is 0 Å². The first-order valence-corrected chi connectivity index (χ1v) is 23.7. The summed E-state index contributed by atoms with van der Waals surface area (Å²) < 4.78 is 44.9. The third-order valence-corrected chi connectivity index (χ3v) is 9.54.